The Kier molecular flexibility index (Phi) is 4.36. The lowest BCUT2D eigenvalue weighted by Crippen LogP contribution is -1.87. The normalized spacial score (nSPS) is 10.1. The number of thioether (sulfide) groups is 1. The highest BCUT2D eigenvalue weighted by Gasteiger charge is 1.99. The van der Waals surface area contributed by atoms with Crippen LogP contribution < -0.4 is 5.73 Å². The lowest BCUT2D eigenvalue weighted by Gasteiger charge is -2.04. The van der Waals surface area contributed by atoms with Gasteiger partial charge >= 0.3 is 0 Å². The van der Waals surface area contributed by atoms with E-state index in [4.69, 9.17) is 17.3 Å². The molecule has 0 aliphatic heterocycles. The Morgan fingerprint density at radius 3 is 2.86 bits per heavy atom. The molecule has 1 rings (SSSR count). The van der Waals surface area contributed by atoms with Crippen LogP contribution >= 0.6 is 23.4 Å². The van der Waals surface area contributed by atoms with Gasteiger partial charge in [0.25, 0.3) is 0 Å². The van der Waals surface area contributed by atoms with Gasteiger partial charge in [0.15, 0.2) is 0 Å². The summed E-state index contributed by atoms with van der Waals surface area (Å²) < 4.78 is 0. The zero-order valence-corrected chi connectivity index (χ0v) is 9.79. The first kappa shape index (κ1) is 11.5. The summed E-state index contributed by atoms with van der Waals surface area (Å²) in [6, 6.07) is 5.71. The molecule has 0 saturated heterocycles. The average Bonchev–Trinajstić information content (AvgIpc) is 2.19. The van der Waals surface area contributed by atoms with Gasteiger partial charge in [0.1, 0.15) is 0 Å². The maximum absolute atomic E-state index is 5.90. The molecule has 0 aliphatic carbocycles. The molecule has 2 N–H and O–H groups in total. The molecule has 1 aromatic carbocycles. The predicted molar refractivity (Wildman–Crippen MR) is 66.0 cm³/mol. The maximum Gasteiger partial charge on any atom is 0.0646 e. The predicted octanol–water partition coefficient (Wildman–Crippen LogP) is 3.98. The molecule has 0 amide bonds. The fourth-order valence-electron chi connectivity index (χ4n) is 0.885. The van der Waals surface area contributed by atoms with Gasteiger partial charge in [-0.2, -0.15) is 0 Å². The molecule has 0 unspecified atom stereocenters. The summed E-state index contributed by atoms with van der Waals surface area (Å²) in [6.45, 7) is 6.06. The van der Waals surface area contributed by atoms with Crippen LogP contribution in [0.25, 0.3) is 0 Å². The largest absolute Gasteiger partial charge is 0.398 e. The van der Waals surface area contributed by atoms with Gasteiger partial charge in [-0.15, -0.1) is 11.8 Å². The quantitative estimate of drug-likeness (QED) is 0.478. The second kappa shape index (κ2) is 5.32. The zero-order chi connectivity index (χ0) is 10.6. The van der Waals surface area contributed by atoms with Gasteiger partial charge in [-0.05, 0) is 24.6 Å². The Morgan fingerprint density at radius 2 is 2.29 bits per heavy atom. The number of anilines is 1. The van der Waals surface area contributed by atoms with Gasteiger partial charge in [-0.1, -0.05) is 30.7 Å². The number of rotatable bonds is 4. The SMILES string of the molecule is C=C(CC)CSc1ccc(N)c(Cl)c1. The topological polar surface area (TPSA) is 26.0 Å². The molecule has 3 heteroatoms. The van der Waals surface area contributed by atoms with Gasteiger partial charge in [-0.25, -0.2) is 0 Å². The summed E-state index contributed by atoms with van der Waals surface area (Å²) >= 11 is 7.64. The summed E-state index contributed by atoms with van der Waals surface area (Å²) in [5, 5.41) is 0.622. The Hall–Kier alpha value is -0.600. The van der Waals surface area contributed by atoms with E-state index < -0.39 is 0 Å². The summed E-state index contributed by atoms with van der Waals surface area (Å²) in [4.78, 5) is 1.14. The lowest BCUT2D eigenvalue weighted by atomic mass is 10.3. The van der Waals surface area contributed by atoms with Crippen LogP contribution in [-0.2, 0) is 0 Å². The fourth-order valence-corrected chi connectivity index (χ4v) is 2.07. The van der Waals surface area contributed by atoms with Gasteiger partial charge < -0.3 is 5.73 Å². The van der Waals surface area contributed by atoms with E-state index in [1.807, 2.05) is 18.2 Å². The molecule has 0 fully saturated rings. The zero-order valence-electron chi connectivity index (χ0n) is 8.22. The Balaban J connectivity index is 2.60. The van der Waals surface area contributed by atoms with E-state index in [1.54, 1.807) is 11.8 Å². The summed E-state index contributed by atoms with van der Waals surface area (Å²) in [5.74, 6) is 0.941. The molecular weight excluding hydrogens is 214 g/mol. The molecule has 14 heavy (non-hydrogen) atoms. The molecule has 1 nitrogen and oxygen atoms in total. The molecule has 76 valence electrons. The van der Waals surface area contributed by atoms with Crippen molar-refractivity contribution >= 4 is 29.1 Å². The standard InChI is InChI=1S/C11H14ClNS/c1-3-8(2)7-14-9-4-5-11(13)10(12)6-9/h4-6H,2-3,7,13H2,1H3. The first-order valence-corrected chi connectivity index (χ1v) is 5.84. The van der Waals surface area contributed by atoms with Crippen LogP contribution in [0.3, 0.4) is 0 Å². The minimum absolute atomic E-state index is 0.622. The molecule has 0 saturated carbocycles. The molecule has 0 aromatic heterocycles. The summed E-state index contributed by atoms with van der Waals surface area (Å²) in [5.41, 5.74) is 7.48. The number of hydrogen-bond acceptors (Lipinski definition) is 2. The van der Waals surface area contributed by atoms with Crippen LogP contribution in [0.1, 0.15) is 13.3 Å². The molecule has 0 radical (unpaired) electrons. The average molecular weight is 228 g/mol. The van der Waals surface area contributed by atoms with E-state index >= 15 is 0 Å². The van der Waals surface area contributed by atoms with E-state index in [9.17, 15) is 0 Å². The second-order valence-corrected chi connectivity index (χ2v) is 4.53. The molecule has 1 aromatic rings. The fraction of sp³-hybridized carbons (Fsp3) is 0.273. The smallest absolute Gasteiger partial charge is 0.0646 e. The van der Waals surface area contributed by atoms with Gasteiger partial charge in [0, 0.05) is 10.6 Å². The van der Waals surface area contributed by atoms with Crippen molar-refractivity contribution in [2.45, 2.75) is 18.2 Å². The van der Waals surface area contributed by atoms with Crippen molar-refractivity contribution in [2.24, 2.45) is 0 Å². The van der Waals surface area contributed by atoms with Gasteiger partial charge in [-0.3, -0.25) is 0 Å². The third kappa shape index (κ3) is 3.28. The van der Waals surface area contributed by atoms with Crippen LogP contribution in [0.4, 0.5) is 5.69 Å². The monoisotopic (exact) mass is 227 g/mol. The van der Waals surface area contributed by atoms with Gasteiger partial charge in [0.05, 0.1) is 10.7 Å². The summed E-state index contributed by atoms with van der Waals surface area (Å²) in [7, 11) is 0. The van der Waals surface area contributed by atoms with E-state index in [-0.39, 0.29) is 0 Å². The highest BCUT2D eigenvalue weighted by molar-refractivity contribution is 7.99. The van der Waals surface area contributed by atoms with Crippen molar-refractivity contribution < 1.29 is 0 Å². The van der Waals surface area contributed by atoms with Crippen molar-refractivity contribution in [3.63, 3.8) is 0 Å². The molecule has 0 atom stereocenters. The number of nitrogen functional groups attached to an aromatic ring is 1. The number of nitrogens with two attached hydrogens (primary N) is 1. The molecule has 0 heterocycles. The Labute approximate surface area is 94.3 Å². The minimum atomic E-state index is 0.622. The van der Waals surface area contributed by atoms with Crippen LogP contribution in [-0.4, -0.2) is 5.75 Å². The first-order chi connectivity index (χ1) is 6.63. The second-order valence-electron chi connectivity index (χ2n) is 3.08. The number of benzene rings is 1. The Morgan fingerprint density at radius 1 is 1.57 bits per heavy atom. The van der Waals surface area contributed by atoms with E-state index in [0.29, 0.717) is 10.7 Å². The molecule has 0 bridgehead atoms. The first-order valence-electron chi connectivity index (χ1n) is 4.48. The molecular formula is C11H14ClNS. The third-order valence-corrected chi connectivity index (χ3v) is 3.38. The van der Waals surface area contributed by atoms with Crippen molar-refractivity contribution in [3.05, 3.63) is 35.4 Å². The van der Waals surface area contributed by atoms with E-state index in [1.165, 1.54) is 5.57 Å². The number of halogens is 1. The molecule has 0 spiro atoms. The van der Waals surface area contributed by atoms with Crippen molar-refractivity contribution in [3.8, 4) is 0 Å². The number of hydrogen-bond donors (Lipinski definition) is 1. The molecule has 0 aliphatic rings. The van der Waals surface area contributed by atoms with Crippen LogP contribution in [0.15, 0.2) is 35.2 Å². The van der Waals surface area contributed by atoms with Crippen LogP contribution in [0.5, 0.6) is 0 Å². The summed E-state index contributed by atoms with van der Waals surface area (Å²) in [6.07, 6.45) is 1.02. The van der Waals surface area contributed by atoms with E-state index in [2.05, 4.69) is 13.5 Å². The van der Waals surface area contributed by atoms with Crippen molar-refractivity contribution in [2.75, 3.05) is 11.5 Å². The van der Waals surface area contributed by atoms with Crippen molar-refractivity contribution in [1.29, 1.82) is 0 Å². The van der Waals surface area contributed by atoms with E-state index in [0.717, 1.165) is 17.1 Å². The van der Waals surface area contributed by atoms with Gasteiger partial charge in [0.2, 0.25) is 0 Å². The lowest BCUT2D eigenvalue weighted by molar-refractivity contribution is 1.12. The van der Waals surface area contributed by atoms with Crippen molar-refractivity contribution in [1.82, 2.24) is 0 Å². The Bertz CT molecular complexity index is 336. The third-order valence-electron chi connectivity index (χ3n) is 1.91. The van der Waals surface area contributed by atoms with Crippen LogP contribution in [0.2, 0.25) is 5.02 Å². The minimum Gasteiger partial charge on any atom is -0.398 e. The van der Waals surface area contributed by atoms with Crippen LogP contribution in [0, 0.1) is 0 Å². The maximum atomic E-state index is 5.90. The highest BCUT2D eigenvalue weighted by Crippen LogP contribution is 2.27. The highest BCUT2D eigenvalue weighted by atomic mass is 35.5.